The summed E-state index contributed by atoms with van der Waals surface area (Å²) in [6, 6.07) is 0. The summed E-state index contributed by atoms with van der Waals surface area (Å²) in [7, 11) is 0. The molecule has 1 aliphatic rings. The second-order valence-corrected chi connectivity index (χ2v) is 4.06. The first-order chi connectivity index (χ1) is 6.58. The van der Waals surface area contributed by atoms with E-state index in [2.05, 4.69) is 4.98 Å². The van der Waals surface area contributed by atoms with Crippen LogP contribution in [0.1, 0.15) is 30.8 Å². The number of aryl methyl sites for hydroxylation is 1. The van der Waals surface area contributed by atoms with Crippen LogP contribution in [0.15, 0.2) is 6.20 Å². The second kappa shape index (κ2) is 4.23. The van der Waals surface area contributed by atoms with Gasteiger partial charge in [-0.15, -0.1) is 12.4 Å². The van der Waals surface area contributed by atoms with E-state index < -0.39 is 5.97 Å². The second-order valence-electron chi connectivity index (χ2n) is 4.06. The lowest BCUT2D eigenvalue weighted by molar-refractivity contribution is -0.143. The summed E-state index contributed by atoms with van der Waals surface area (Å²) >= 11 is 0. The average Bonchev–Trinajstić information content (AvgIpc) is 2.45. The summed E-state index contributed by atoms with van der Waals surface area (Å²) in [5.41, 5.74) is 0.970. The summed E-state index contributed by atoms with van der Waals surface area (Å²) in [6.45, 7) is 4.54. The lowest BCUT2D eigenvalue weighted by Gasteiger charge is -2.25. The number of aliphatic carboxylic acids is 1. The van der Waals surface area contributed by atoms with Gasteiger partial charge in [0.2, 0.25) is 0 Å². The van der Waals surface area contributed by atoms with Crippen LogP contribution in [0, 0.1) is 12.8 Å². The lowest BCUT2D eigenvalue weighted by atomic mass is 9.92. The fraction of sp³-hybridized carbons (Fsp3) is 0.600. The van der Waals surface area contributed by atoms with Gasteiger partial charge >= 0.3 is 5.97 Å². The van der Waals surface area contributed by atoms with Gasteiger partial charge in [-0.05, 0) is 13.3 Å². The van der Waals surface area contributed by atoms with Gasteiger partial charge in [0, 0.05) is 18.7 Å². The maximum Gasteiger partial charge on any atom is 0.308 e. The van der Waals surface area contributed by atoms with E-state index in [9.17, 15) is 4.79 Å². The molecule has 0 spiro atoms. The highest BCUT2D eigenvalue weighted by Crippen LogP contribution is 2.29. The molecule has 1 N–H and O–H groups in total. The molecule has 0 amide bonds. The zero-order chi connectivity index (χ0) is 10.3. The van der Waals surface area contributed by atoms with Crippen molar-refractivity contribution in [1.29, 1.82) is 0 Å². The van der Waals surface area contributed by atoms with Crippen LogP contribution in [-0.2, 0) is 11.3 Å². The van der Waals surface area contributed by atoms with E-state index in [-0.39, 0.29) is 24.2 Å². The van der Waals surface area contributed by atoms with E-state index >= 15 is 0 Å². The maximum absolute atomic E-state index is 10.9. The first kappa shape index (κ1) is 12.0. The van der Waals surface area contributed by atoms with Crippen LogP contribution in [-0.4, -0.2) is 20.6 Å². The molecule has 1 aliphatic heterocycles. The highest BCUT2D eigenvalue weighted by Gasteiger charge is 2.29. The van der Waals surface area contributed by atoms with Crippen molar-refractivity contribution in [2.75, 3.05) is 0 Å². The standard InChI is InChI=1S/C10H14N2O2.ClH/c1-6-3-8(10(13)14)5-12-4-7(2)11-9(6)12;/h4,6,8H,3,5H2,1-2H3,(H,13,14);1H/t6-,8+;/m1./s1. The van der Waals surface area contributed by atoms with Gasteiger partial charge in [0.15, 0.2) is 0 Å². The van der Waals surface area contributed by atoms with Gasteiger partial charge in [0.25, 0.3) is 0 Å². The van der Waals surface area contributed by atoms with Crippen LogP contribution in [0.3, 0.4) is 0 Å². The maximum atomic E-state index is 10.9. The number of imidazole rings is 1. The number of fused-ring (bicyclic) bond motifs is 1. The van der Waals surface area contributed by atoms with E-state index in [0.29, 0.717) is 13.0 Å². The number of aromatic nitrogens is 2. The third-order valence-corrected chi connectivity index (χ3v) is 2.77. The molecule has 2 heterocycles. The molecule has 1 aromatic heterocycles. The number of hydrogen-bond acceptors (Lipinski definition) is 2. The number of halogens is 1. The molecule has 0 fully saturated rings. The number of carboxylic acids is 1. The van der Waals surface area contributed by atoms with Crippen molar-refractivity contribution in [3.05, 3.63) is 17.7 Å². The van der Waals surface area contributed by atoms with Crippen molar-refractivity contribution in [2.24, 2.45) is 5.92 Å². The fourth-order valence-corrected chi connectivity index (χ4v) is 2.13. The minimum atomic E-state index is -0.700. The highest BCUT2D eigenvalue weighted by atomic mass is 35.5. The SMILES string of the molecule is Cc1cn2c(n1)[C@H](C)C[C@H](C(=O)O)C2.Cl. The van der Waals surface area contributed by atoms with Gasteiger partial charge in [-0.3, -0.25) is 4.79 Å². The Morgan fingerprint density at radius 2 is 2.33 bits per heavy atom. The smallest absolute Gasteiger partial charge is 0.308 e. The van der Waals surface area contributed by atoms with Crippen LogP contribution in [0.2, 0.25) is 0 Å². The number of carboxylic acid groups (broad SMARTS) is 1. The molecule has 0 radical (unpaired) electrons. The molecule has 2 rings (SSSR count). The molecule has 0 unspecified atom stereocenters. The number of nitrogens with zero attached hydrogens (tertiary/aromatic N) is 2. The monoisotopic (exact) mass is 230 g/mol. The predicted molar refractivity (Wildman–Crippen MR) is 58.4 cm³/mol. The number of hydrogen-bond donors (Lipinski definition) is 1. The van der Waals surface area contributed by atoms with Crippen molar-refractivity contribution in [3.8, 4) is 0 Å². The summed E-state index contributed by atoms with van der Waals surface area (Å²) in [4.78, 5) is 15.3. The highest BCUT2D eigenvalue weighted by molar-refractivity contribution is 5.85. The summed E-state index contributed by atoms with van der Waals surface area (Å²) in [6.07, 6.45) is 2.63. The van der Waals surface area contributed by atoms with E-state index in [1.165, 1.54) is 0 Å². The Hall–Kier alpha value is -1.03. The van der Waals surface area contributed by atoms with E-state index in [4.69, 9.17) is 5.11 Å². The molecule has 1 aromatic rings. The molecule has 0 aromatic carbocycles. The van der Waals surface area contributed by atoms with Gasteiger partial charge in [0.1, 0.15) is 5.82 Å². The number of rotatable bonds is 1. The summed E-state index contributed by atoms with van der Waals surface area (Å²) in [5.74, 6) is 0.318. The van der Waals surface area contributed by atoms with Gasteiger partial charge < -0.3 is 9.67 Å². The predicted octanol–water partition coefficient (Wildman–Crippen LogP) is 1.82. The Morgan fingerprint density at radius 1 is 1.67 bits per heavy atom. The summed E-state index contributed by atoms with van der Waals surface area (Å²) < 4.78 is 1.97. The first-order valence-corrected chi connectivity index (χ1v) is 4.84. The van der Waals surface area contributed by atoms with Crippen molar-refractivity contribution in [2.45, 2.75) is 32.7 Å². The normalized spacial score (nSPS) is 24.1. The molecule has 0 bridgehead atoms. The minimum Gasteiger partial charge on any atom is -0.481 e. The Morgan fingerprint density at radius 3 is 2.93 bits per heavy atom. The lowest BCUT2D eigenvalue weighted by Crippen LogP contribution is -2.28. The molecule has 5 heteroatoms. The van der Waals surface area contributed by atoms with E-state index in [1.54, 1.807) is 0 Å². The van der Waals surface area contributed by atoms with E-state index in [1.807, 2.05) is 24.6 Å². The van der Waals surface area contributed by atoms with Gasteiger partial charge in [-0.2, -0.15) is 0 Å². The molecule has 84 valence electrons. The molecule has 0 saturated carbocycles. The van der Waals surface area contributed by atoms with Crippen LogP contribution >= 0.6 is 12.4 Å². The van der Waals surface area contributed by atoms with Crippen LogP contribution in [0.5, 0.6) is 0 Å². The molecule has 0 aliphatic carbocycles. The van der Waals surface area contributed by atoms with Crippen molar-refractivity contribution < 1.29 is 9.90 Å². The number of carbonyl (C=O) groups is 1. The van der Waals surface area contributed by atoms with Crippen molar-refractivity contribution in [3.63, 3.8) is 0 Å². The van der Waals surface area contributed by atoms with E-state index in [0.717, 1.165) is 11.5 Å². The van der Waals surface area contributed by atoms with Crippen LogP contribution < -0.4 is 0 Å². The third-order valence-electron chi connectivity index (χ3n) is 2.77. The van der Waals surface area contributed by atoms with Crippen molar-refractivity contribution in [1.82, 2.24) is 9.55 Å². The largest absolute Gasteiger partial charge is 0.481 e. The summed E-state index contributed by atoms with van der Waals surface area (Å²) in [5, 5.41) is 8.95. The van der Waals surface area contributed by atoms with Gasteiger partial charge in [-0.25, -0.2) is 4.98 Å². The Bertz CT molecular complexity index is 375. The Labute approximate surface area is 94.7 Å². The van der Waals surface area contributed by atoms with Crippen LogP contribution in [0.25, 0.3) is 0 Å². The topological polar surface area (TPSA) is 55.1 Å². The minimum absolute atomic E-state index is 0. The molecule has 15 heavy (non-hydrogen) atoms. The molecule has 0 saturated heterocycles. The quantitative estimate of drug-likeness (QED) is 0.801. The Balaban J connectivity index is 0.00000112. The molecular formula is C10H15ClN2O2. The van der Waals surface area contributed by atoms with Crippen molar-refractivity contribution >= 4 is 18.4 Å². The zero-order valence-corrected chi connectivity index (χ0v) is 9.62. The van der Waals surface area contributed by atoms with Crippen LogP contribution in [0.4, 0.5) is 0 Å². The van der Waals surface area contributed by atoms with Gasteiger partial charge in [-0.1, -0.05) is 6.92 Å². The Kier molecular flexibility index (Phi) is 3.39. The molecule has 4 nitrogen and oxygen atoms in total. The average molecular weight is 231 g/mol. The zero-order valence-electron chi connectivity index (χ0n) is 8.80. The molecular weight excluding hydrogens is 216 g/mol. The first-order valence-electron chi connectivity index (χ1n) is 4.84. The fourth-order valence-electron chi connectivity index (χ4n) is 2.13. The third kappa shape index (κ3) is 2.15. The van der Waals surface area contributed by atoms with Gasteiger partial charge in [0.05, 0.1) is 11.6 Å². The molecule has 2 atom stereocenters.